The van der Waals surface area contributed by atoms with Crippen molar-refractivity contribution in [2.45, 2.75) is 19.1 Å². The molecule has 0 saturated carbocycles. The van der Waals surface area contributed by atoms with Gasteiger partial charge in [0.15, 0.2) is 0 Å². The van der Waals surface area contributed by atoms with E-state index >= 15 is 0 Å². The monoisotopic (exact) mass is 422 g/mol. The molecule has 30 heavy (non-hydrogen) atoms. The van der Waals surface area contributed by atoms with Crippen LogP contribution in [0, 0.1) is 5.82 Å². The Balaban J connectivity index is 1.87. The Kier molecular flexibility index (Phi) is 6.02. The van der Waals surface area contributed by atoms with Gasteiger partial charge in [-0.05, 0) is 57.4 Å². The number of hydrogen-bond donors (Lipinski definition) is 3. The largest absolute Gasteiger partial charge is 0.418 e. The summed E-state index contributed by atoms with van der Waals surface area (Å²) in [7, 11) is 3.68. The van der Waals surface area contributed by atoms with E-state index in [4.69, 9.17) is 0 Å². The number of hydrogen-bond acceptors (Lipinski definition) is 4. The van der Waals surface area contributed by atoms with Gasteiger partial charge in [-0.15, -0.1) is 0 Å². The first kappa shape index (κ1) is 21.6. The predicted octanol–water partition coefficient (Wildman–Crippen LogP) is 4.61. The number of alkyl halides is 3. The van der Waals surface area contributed by atoms with Crippen LogP contribution in [-0.2, 0) is 11.0 Å². The van der Waals surface area contributed by atoms with Gasteiger partial charge in [0, 0.05) is 41.4 Å². The number of anilines is 3. The molecule has 3 N–H and O–H groups in total. The van der Waals surface area contributed by atoms with Crippen molar-refractivity contribution in [3.63, 3.8) is 0 Å². The molecule has 1 aliphatic rings. The molecular weight excluding hydrogens is 400 g/mol. The third-order valence-corrected chi connectivity index (χ3v) is 4.51. The first-order chi connectivity index (χ1) is 14.0. The van der Waals surface area contributed by atoms with Gasteiger partial charge in [0.2, 0.25) is 0 Å². The minimum Gasteiger partial charge on any atom is -0.381 e. The topological polar surface area (TPSA) is 56.4 Å². The lowest BCUT2D eigenvalue weighted by Gasteiger charge is -2.22. The number of rotatable bonds is 6. The van der Waals surface area contributed by atoms with Gasteiger partial charge >= 0.3 is 6.18 Å². The zero-order valence-electron chi connectivity index (χ0n) is 16.7. The molecule has 0 fully saturated rings. The van der Waals surface area contributed by atoms with Gasteiger partial charge in [0.05, 0.1) is 11.1 Å². The van der Waals surface area contributed by atoms with Crippen molar-refractivity contribution >= 4 is 28.5 Å². The van der Waals surface area contributed by atoms with Gasteiger partial charge in [0.25, 0.3) is 5.91 Å². The Morgan fingerprint density at radius 1 is 1.17 bits per heavy atom. The fourth-order valence-electron chi connectivity index (χ4n) is 3.31. The standard InChI is InChI=1S/C21H22F4N4O/c1-12(11-29(2)3)27-19-7-5-14(9-17(19)21(23,24)25)26-10-16-15-8-13(22)4-6-18(15)28-20(16)30/h4-10,12,26-27H,11H2,1-3H3,(H,28,30)/b16-10+. The fourth-order valence-corrected chi connectivity index (χ4v) is 3.31. The first-order valence-corrected chi connectivity index (χ1v) is 9.25. The molecule has 5 nitrogen and oxygen atoms in total. The number of fused-ring (bicyclic) bond motifs is 1. The molecular formula is C21H22F4N4O. The van der Waals surface area contributed by atoms with Crippen LogP contribution in [0.3, 0.4) is 0 Å². The molecule has 1 atom stereocenters. The summed E-state index contributed by atoms with van der Waals surface area (Å²) in [5.74, 6) is -0.979. The van der Waals surface area contributed by atoms with Crippen LogP contribution >= 0.6 is 0 Å². The Labute approximate surface area is 171 Å². The van der Waals surface area contributed by atoms with Crippen LogP contribution in [0.5, 0.6) is 0 Å². The van der Waals surface area contributed by atoms with E-state index in [9.17, 15) is 22.4 Å². The van der Waals surface area contributed by atoms with Crippen molar-refractivity contribution in [3.8, 4) is 0 Å². The van der Waals surface area contributed by atoms with E-state index < -0.39 is 23.5 Å². The Hall–Kier alpha value is -3.07. The molecule has 2 aromatic rings. The van der Waals surface area contributed by atoms with Crippen molar-refractivity contribution in [2.24, 2.45) is 0 Å². The summed E-state index contributed by atoms with van der Waals surface area (Å²) in [6.07, 6.45) is -3.29. The molecule has 160 valence electrons. The second kappa shape index (κ2) is 8.35. The maximum atomic E-state index is 13.6. The van der Waals surface area contributed by atoms with Crippen molar-refractivity contribution in [2.75, 3.05) is 36.6 Å². The molecule has 0 radical (unpaired) electrons. The molecule has 9 heteroatoms. The number of halogens is 4. The number of amides is 1. The number of carbonyl (C=O) groups is 1. The molecule has 1 heterocycles. The molecule has 0 aromatic heterocycles. The molecule has 3 rings (SSSR count). The van der Waals surface area contributed by atoms with E-state index in [-0.39, 0.29) is 23.0 Å². The molecule has 0 spiro atoms. The minimum absolute atomic E-state index is 0.0268. The minimum atomic E-state index is -4.56. The van der Waals surface area contributed by atoms with Crippen molar-refractivity contribution in [1.82, 2.24) is 4.90 Å². The molecule has 1 aliphatic heterocycles. The first-order valence-electron chi connectivity index (χ1n) is 9.25. The molecule has 1 unspecified atom stereocenters. The molecule has 0 saturated heterocycles. The molecule has 1 amide bonds. The lowest BCUT2D eigenvalue weighted by molar-refractivity contribution is -0.136. The summed E-state index contributed by atoms with van der Waals surface area (Å²) in [5, 5.41) is 8.19. The second-order valence-electron chi connectivity index (χ2n) is 7.41. The van der Waals surface area contributed by atoms with Gasteiger partial charge in [-0.2, -0.15) is 13.2 Å². The zero-order valence-corrected chi connectivity index (χ0v) is 16.7. The van der Waals surface area contributed by atoms with Crippen LogP contribution in [0.15, 0.2) is 42.6 Å². The highest BCUT2D eigenvalue weighted by atomic mass is 19.4. The summed E-state index contributed by atoms with van der Waals surface area (Å²) in [6.45, 7) is 2.36. The number of benzene rings is 2. The number of nitrogens with zero attached hydrogens (tertiary/aromatic N) is 1. The summed E-state index contributed by atoms with van der Waals surface area (Å²) >= 11 is 0. The van der Waals surface area contributed by atoms with E-state index in [0.29, 0.717) is 17.8 Å². The van der Waals surface area contributed by atoms with Gasteiger partial charge in [-0.3, -0.25) is 4.79 Å². The van der Waals surface area contributed by atoms with Gasteiger partial charge in [0.1, 0.15) is 5.82 Å². The van der Waals surface area contributed by atoms with Crippen molar-refractivity contribution < 1.29 is 22.4 Å². The average Bonchev–Trinajstić information content (AvgIpc) is 2.93. The Morgan fingerprint density at radius 2 is 1.90 bits per heavy atom. The lowest BCUT2D eigenvalue weighted by Crippen LogP contribution is -2.30. The molecule has 0 aliphatic carbocycles. The van der Waals surface area contributed by atoms with Gasteiger partial charge in [-0.1, -0.05) is 0 Å². The third-order valence-electron chi connectivity index (χ3n) is 4.51. The zero-order chi connectivity index (χ0) is 22.1. The van der Waals surface area contributed by atoms with Crippen LogP contribution in [0.1, 0.15) is 18.1 Å². The average molecular weight is 422 g/mol. The maximum absolute atomic E-state index is 13.6. The second-order valence-corrected chi connectivity index (χ2v) is 7.41. The van der Waals surface area contributed by atoms with Crippen LogP contribution in [0.4, 0.5) is 34.6 Å². The number of likely N-dealkylation sites (N-methyl/N-ethyl adjacent to an activating group) is 1. The Bertz CT molecular complexity index is 985. The van der Waals surface area contributed by atoms with Crippen LogP contribution < -0.4 is 16.0 Å². The van der Waals surface area contributed by atoms with E-state index in [1.807, 2.05) is 19.0 Å². The maximum Gasteiger partial charge on any atom is 0.418 e. The summed E-state index contributed by atoms with van der Waals surface area (Å²) < 4.78 is 54.3. The molecule has 2 aromatic carbocycles. The van der Waals surface area contributed by atoms with Crippen molar-refractivity contribution in [1.29, 1.82) is 0 Å². The van der Waals surface area contributed by atoms with Gasteiger partial charge in [-0.25, -0.2) is 4.39 Å². The van der Waals surface area contributed by atoms with E-state index in [1.165, 1.54) is 36.5 Å². The summed E-state index contributed by atoms with van der Waals surface area (Å²) in [6, 6.07) is 7.45. The quantitative estimate of drug-likeness (QED) is 0.470. The van der Waals surface area contributed by atoms with Crippen LogP contribution in [0.2, 0.25) is 0 Å². The van der Waals surface area contributed by atoms with Crippen LogP contribution in [-0.4, -0.2) is 37.5 Å². The van der Waals surface area contributed by atoms with Crippen LogP contribution in [0.25, 0.3) is 5.57 Å². The van der Waals surface area contributed by atoms with Crippen molar-refractivity contribution in [3.05, 3.63) is 59.5 Å². The lowest BCUT2D eigenvalue weighted by atomic mass is 10.1. The van der Waals surface area contributed by atoms with E-state index in [1.54, 1.807) is 6.92 Å². The van der Waals surface area contributed by atoms with E-state index in [2.05, 4.69) is 16.0 Å². The highest BCUT2D eigenvalue weighted by Crippen LogP contribution is 2.37. The highest BCUT2D eigenvalue weighted by molar-refractivity contribution is 6.31. The number of carbonyl (C=O) groups excluding carboxylic acids is 1. The fraction of sp³-hybridized carbons (Fsp3) is 0.286. The molecule has 0 bridgehead atoms. The smallest absolute Gasteiger partial charge is 0.381 e. The van der Waals surface area contributed by atoms with E-state index in [0.717, 1.165) is 6.07 Å². The summed E-state index contributed by atoms with van der Waals surface area (Å²) in [5.41, 5.74) is 0.234. The predicted molar refractivity (Wildman–Crippen MR) is 110 cm³/mol. The van der Waals surface area contributed by atoms with Gasteiger partial charge < -0.3 is 20.9 Å². The number of nitrogens with one attached hydrogen (secondary N) is 3. The SMILES string of the molecule is CC(CN(C)C)Nc1ccc(N/C=C2/C(=O)Nc3ccc(F)cc32)cc1C(F)(F)F. The normalized spacial score (nSPS) is 15.9. The Morgan fingerprint density at radius 3 is 2.57 bits per heavy atom. The third kappa shape index (κ3) is 4.91. The highest BCUT2D eigenvalue weighted by Gasteiger charge is 2.34. The summed E-state index contributed by atoms with van der Waals surface area (Å²) in [4.78, 5) is 14.0.